The SMILES string of the molecule is OCC1O[C@H](OCC2O[C@H](COC[C@@H]3O[C@H](CO)C(O)C3O)C(O)C(O)[C@@H]2O)C(O)C(O)[C@H]1O. The van der Waals surface area contributed by atoms with Crippen molar-refractivity contribution in [3.05, 3.63) is 0 Å². The van der Waals surface area contributed by atoms with Crippen molar-refractivity contribution in [3.63, 3.8) is 0 Å². The highest BCUT2D eigenvalue weighted by Crippen LogP contribution is 2.26. The highest BCUT2D eigenvalue weighted by molar-refractivity contribution is 4.94. The van der Waals surface area contributed by atoms with Gasteiger partial charge < -0.3 is 74.7 Å². The lowest BCUT2D eigenvalue weighted by atomic mass is 9.95. The molecule has 14 atom stereocenters. The molecule has 0 aromatic carbocycles. The van der Waals surface area contributed by atoms with Crippen LogP contribution in [0.15, 0.2) is 0 Å². The quantitative estimate of drug-likeness (QED) is 0.141. The Morgan fingerprint density at radius 3 is 1.35 bits per heavy atom. The Hall–Kier alpha value is -0.600. The van der Waals surface area contributed by atoms with E-state index < -0.39 is 105 Å². The Morgan fingerprint density at radius 2 is 0.824 bits per heavy atom. The van der Waals surface area contributed by atoms with Crippen LogP contribution in [0.5, 0.6) is 0 Å². The molecule has 3 heterocycles. The smallest absolute Gasteiger partial charge is 0.186 e. The molecule has 0 saturated carbocycles. The Kier molecular flexibility index (Phi) is 9.95. The highest BCUT2D eigenvalue weighted by Gasteiger charge is 2.47. The lowest BCUT2D eigenvalue weighted by Crippen LogP contribution is -2.62. The summed E-state index contributed by atoms with van der Waals surface area (Å²) in [6.07, 6.45) is -19.3. The minimum Gasteiger partial charge on any atom is -0.394 e. The molecular weight excluding hydrogens is 468 g/mol. The van der Waals surface area contributed by atoms with Crippen LogP contribution in [0.4, 0.5) is 0 Å². The van der Waals surface area contributed by atoms with E-state index in [0.717, 1.165) is 0 Å². The number of hydrogen-bond donors (Lipinski definition) is 10. The summed E-state index contributed by atoms with van der Waals surface area (Å²) in [5, 5.41) is 98.4. The van der Waals surface area contributed by atoms with Crippen molar-refractivity contribution in [1.29, 1.82) is 0 Å². The van der Waals surface area contributed by atoms with Crippen molar-refractivity contribution in [3.8, 4) is 0 Å². The third-order valence-corrected chi connectivity index (χ3v) is 6.29. The van der Waals surface area contributed by atoms with Gasteiger partial charge in [0.15, 0.2) is 6.29 Å². The second-order valence-corrected chi connectivity index (χ2v) is 8.63. The molecular formula is C19H34O15. The van der Waals surface area contributed by atoms with Gasteiger partial charge in [-0.3, -0.25) is 0 Å². The zero-order chi connectivity index (χ0) is 25.2. The van der Waals surface area contributed by atoms with Crippen LogP contribution in [0, 0.1) is 0 Å². The highest BCUT2D eigenvalue weighted by atomic mass is 16.7. The normalized spacial score (nSPS) is 49.9. The number of aliphatic hydroxyl groups is 10. The van der Waals surface area contributed by atoms with Crippen LogP contribution in [-0.4, -0.2) is 170 Å². The summed E-state index contributed by atoms with van der Waals surface area (Å²) in [6, 6.07) is 0. The minimum atomic E-state index is -1.68. The molecule has 15 heteroatoms. The van der Waals surface area contributed by atoms with Gasteiger partial charge >= 0.3 is 0 Å². The fourth-order valence-corrected chi connectivity index (χ4v) is 4.11. The summed E-state index contributed by atoms with van der Waals surface area (Å²) in [5.41, 5.74) is 0. The van der Waals surface area contributed by atoms with Crippen LogP contribution in [0.25, 0.3) is 0 Å². The second kappa shape index (κ2) is 12.1. The molecule has 3 aliphatic heterocycles. The zero-order valence-corrected chi connectivity index (χ0v) is 18.1. The molecule has 8 unspecified atom stereocenters. The van der Waals surface area contributed by atoms with Gasteiger partial charge in [0.1, 0.15) is 79.4 Å². The topological polar surface area (TPSA) is 248 Å². The fourth-order valence-electron chi connectivity index (χ4n) is 4.11. The van der Waals surface area contributed by atoms with E-state index in [1.807, 2.05) is 0 Å². The fraction of sp³-hybridized carbons (Fsp3) is 1.00. The second-order valence-electron chi connectivity index (χ2n) is 8.63. The average Bonchev–Trinajstić information content (AvgIpc) is 3.10. The number of hydrogen-bond acceptors (Lipinski definition) is 15. The lowest BCUT2D eigenvalue weighted by Gasteiger charge is -2.42. The Balaban J connectivity index is 1.52. The maximum atomic E-state index is 10.2. The molecule has 10 N–H and O–H groups in total. The van der Waals surface area contributed by atoms with Gasteiger partial charge in [0.25, 0.3) is 0 Å². The van der Waals surface area contributed by atoms with Crippen LogP contribution in [0.2, 0.25) is 0 Å². The third kappa shape index (κ3) is 5.86. The molecule has 3 saturated heterocycles. The standard InChI is InChI=1S/C19H34O15/c20-1-6-11(22)13(24)8(32-6)3-30-4-9-14(25)16(27)15(26)10(33-9)5-31-19-18(29)17(28)12(23)7(2-21)34-19/h6-29H,1-5H2/t6-,7?,8+,9-,10?,11?,12+,13?,14?,15-,16?,17?,18?,19+/m1/s1. The molecule has 0 bridgehead atoms. The summed E-state index contributed by atoms with van der Waals surface area (Å²) in [4.78, 5) is 0. The molecule has 34 heavy (non-hydrogen) atoms. The van der Waals surface area contributed by atoms with Crippen molar-refractivity contribution in [1.82, 2.24) is 0 Å². The van der Waals surface area contributed by atoms with Gasteiger partial charge in [-0.25, -0.2) is 0 Å². The van der Waals surface area contributed by atoms with E-state index in [1.165, 1.54) is 0 Å². The Labute approximate surface area is 194 Å². The Bertz CT molecular complexity index is 625. The van der Waals surface area contributed by atoms with E-state index in [9.17, 15) is 46.0 Å². The molecule has 0 radical (unpaired) electrons. The van der Waals surface area contributed by atoms with Gasteiger partial charge in [-0.2, -0.15) is 0 Å². The lowest BCUT2D eigenvalue weighted by molar-refractivity contribution is -0.315. The van der Waals surface area contributed by atoms with E-state index >= 15 is 0 Å². The van der Waals surface area contributed by atoms with Crippen LogP contribution in [0.3, 0.4) is 0 Å². The molecule has 0 aromatic rings. The summed E-state index contributed by atoms with van der Waals surface area (Å²) in [5.74, 6) is 0. The molecule has 15 nitrogen and oxygen atoms in total. The first-order valence-corrected chi connectivity index (χ1v) is 10.9. The maximum absolute atomic E-state index is 10.2. The van der Waals surface area contributed by atoms with E-state index in [0.29, 0.717) is 0 Å². The van der Waals surface area contributed by atoms with Crippen molar-refractivity contribution >= 4 is 0 Å². The molecule has 3 rings (SSSR count). The summed E-state index contributed by atoms with van der Waals surface area (Å²) >= 11 is 0. The number of aliphatic hydroxyl groups excluding tert-OH is 10. The summed E-state index contributed by atoms with van der Waals surface area (Å²) in [6.45, 7) is -2.18. The molecule has 0 amide bonds. The van der Waals surface area contributed by atoms with Crippen LogP contribution < -0.4 is 0 Å². The van der Waals surface area contributed by atoms with Crippen LogP contribution in [0.1, 0.15) is 0 Å². The number of ether oxygens (including phenoxy) is 5. The van der Waals surface area contributed by atoms with Gasteiger partial charge in [0.05, 0.1) is 33.0 Å². The predicted molar refractivity (Wildman–Crippen MR) is 105 cm³/mol. The van der Waals surface area contributed by atoms with Crippen molar-refractivity contribution in [2.24, 2.45) is 0 Å². The maximum Gasteiger partial charge on any atom is 0.186 e. The predicted octanol–water partition coefficient (Wildman–Crippen LogP) is -6.85. The number of rotatable bonds is 9. The van der Waals surface area contributed by atoms with E-state index in [1.54, 1.807) is 0 Å². The first-order valence-electron chi connectivity index (χ1n) is 10.9. The molecule has 200 valence electrons. The minimum absolute atomic E-state index is 0.230. The average molecular weight is 502 g/mol. The molecule has 3 fully saturated rings. The van der Waals surface area contributed by atoms with Crippen molar-refractivity contribution in [2.75, 3.05) is 33.0 Å². The first-order chi connectivity index (χ1) is 16.1. The van der Waals surface area contributed by atoms with E-state index in [4.69, 9.17) is 28.8 Å². The monoisotopic (exact) mass is 502 g/mol. The van der Waals surface area contributed by atoms with Crippen molar-refractivity contribution in [2.45, 2.75) is 85.6 Å². The molecule has 3 aliphatic rings. The van der Waals surface area contributed by atoms with Gasteiger partial charge in [0, 0.05) is 0 Å². The van der Waals surface area contributed by atoms with E-state index in [2.05, 4.69) is 0 Å². The zero-order valence-electron chi connectivity index (χ0n) is 18.1. The van der Waals surface area contributed by atoms with Gasteiger partial charge in [-0.15, -0.1) is 0 Å². The summed E-state index contributed by atoms with van der Waals surface area (Å²) in [7, 11) is 0. The van der Waals surface area contributed by atoms with Gasteiger partial charge in [-0.1, -0.05) is 0 Å². The largest absolute Gasteiger partial charge is 0.394 e. The molecule has 0 aliphatic carbocycles. The molecule has 0 spiro atoms. The first kappa shape index (κ1) is 28.0. The Morgan fingerprint density at radius 1 is 0.441 bits per heavy atom. The van der Waals surface area contributed by atoms with Crippen LogP contribution in [-0.2, 0) is 23.7 Å². The van der Waals surface area contributed by atoms with Crippen molar-refractivity contribution < 1.29 is 74.7 Å². The van der Waals surface area contributed by atoms with Gasteiger partial charge in [-0.05, 0) is 0 Å². The third-order valence-electron chi connectivity index (χ3n) is 6.29. The van der Waals surface area contributed by atoms with Crippen LogP contribution >= 0.6 is 0 Å². The van der Waals surface area contributed by atoms with E-state index in [-0.39, 0.29) is 13.2 Å². The van der Waals surface area contributed by atoms with Gasteiger partial charge in [0.2, 0.25) is 0 Å². The molecule has 0 aromatic heterocycles. The summed E-state index contributed by atoms with van der Waals surface area (Å²) < 4.78 is 26.8.